The predicted molar refractivity (Wildman–Crippen MR) is 64.1 cm³/mol. The molecule has 1 unspecified atom stereocenters. The van der Waals surface area contributed by atoms with Gasteiger partial charge in [0, 0.05) is 19.2 Å². The molecule has 1 aromatic heterocycles. The van der Waals surface area contributed by atoms with E-state index in [9.17, 15) is 4.79 Å². The zero-order valence-electron chi connectivity index (χ0n) is 10.2. The second kappa shape index (κ2) is 5.65. The molecule has 0 aliphatic carbocycles. The summed E-state index contributed by atoms with van der Waals surface area (Å²) in [6.07, 6.45) is 3.33. The number of rotatable bonds is 5. The van der Waals surface area contributed by atoms with Crippen molar-refractivity contribution in [3.63, 3.8) is 0 Å². The highest BCUT2D eigenvalue weighted by Crippen LogP contribution is 2.15. The molecule has 1 heterocycles. The quantitative estimate of drug-likeness (QED) is 0.780. The second-order valence-electron chi connectivity index (χ2n) is 3.98. The molecule has 0 fully saturated rings. The fraction of sp³-hybridized carbons (Fsp3) is 0.636. The average molecular weight is 224 g/mol. The first-order chi connectivity index (χ1) is 7.58. The van der Waals surface area contributed by atoms with Gasteiger partial charge < -0.3 is 11.1 Å². The van der Waals surface area contributed by atoms with Gasteiger partial charge in [-0.15, -0.1) is 0 Å². The van der Waals surface area contributed by atoms with Crippen molar-refractivity contribution in [3.8, 4) is 0 Å². The van der Waals surface area contributed by atoms with Crippen molar-refractivity contribution in [2.45, 2.75) is 26.7 Å². The van der Waals surface area contributed by atoms with Crippen molar-refractivity contribution >= 4 is 11.6 Å². The minimum atomic E-state index is -0.0603. The highest BCUT2D eigenvalue weighted by Gasteiger charge is 2.14. The number of nitrogens with one attached hydrogen (secondary N) is 1. The smallest absolute Gasteiger partial charge is 0.227 e. The zero-order chi connectivity index (χ0) is 12.1. The number of hydrogen-bond donors (Lipinski definition) is 2. The molecule has 0 aliphatic heterocycles. The van der Waals surface area contributed by atoms with Crippen LogP contribution in [0.1, 0.15) is 26.0 Å². The summed E-state index contributed by atoms with van der Waals surface area (Å²) < 4.78 is 1.71. The Labute approximate surface area is 96.0 Å². The number of aromatic nitrogens is 2. The summed E-state index contributed by atoms with van der Waals surface area (Å²) in [6.45, 7) is 4.42. The first-order valence-corrected chi connectivity index (χ1v) is 5.62. The van der Waals surface area contributed by atoms with Crippen LogP contribution in [0, 0.1) is 5.92 Å². The van der Waals surface area contributed by atoms with E-state index in [-0.39, 0.29) is 11.8 Å². The van der Waals surface area contributed by atoms with Crippen LogP contribution in [0.4, 0.5) is 5.69 Å². The van der Waals surface area contributed by atoms with Gasteiger partial charge in [0.25, 0.3) is 0 Å². The SMILES string of the molecule is CCc1nn(C)cc1NC(=O)C(C)CCN. The van der Waals surface area contributed by atoms with E-state index in [0.717, 1.165) is 17.8 Å². The number of nitrogens with two attached hydrogens (primary N) is 1. The Morgan fingerprint density at radius 3 is 2.94 bits per heavy atom. The van der Waals surface area contributed by atoms with Gasteiger partial charge in [-0.25, -0.2) is 0 Å². The van der Waals surface area contributed by atoms with Crippen LogP contribution >= 0.6 is 0 Å². The number of amides is 1. The Balaban J connectivity index is 2.68. The maximum absolute atomic E-state index is 11.8. The molecule has 1 rings (SSSR count). The van der Waals surface area contributed by atoms with E-state index in [0.29, 0.717) is 13.0 Å². The molecular weight excluding hydrogens is 204 g/mol. The van der Waals surface area contributed by atoms with E-state index < -0.39 is 0 Å². The first kappa shape index (κ1) is 12.7. The normalized spacial score (nSPS) is 12.5. The molecule has 0 saturated heterocycles. The van der Waals surface area contributed by atoms with Crippen LogP contribution in [0.3, 0.4) is 0 Å². The largest absolute Gasteiger partial charge is 0.330 e. The van der Waals surface area contributed by atoms with Crippen molar-refractivity contribution in [1.29, 1.82) is 0 Å². The zero-order valence-corrected chi connectivity index (χ0v) is 10.2. The number of carbonyl (C=O) groups is 1. The summed E-state index contributed by atoms with van der Waals surface area (Å²) in [5.41, 5.74) is 7.14. The molecule has 0 aromatic carbocycles. The number of nitrogens with zero attached hydrogens (tertiary/aromatic N) is 2. The predicted octanol–water partition coefficient (Wildman–Crippen LogP) is 0.906. The van der Waals surface area contributed by atoms with E-state index in [1.807, 2.05) is 27.1 Å². The van der Waals surface area contributed by atoms with Gasteiger partial charge >= 0.3 is 0 Å². The number of anilines is 1. The van der Waals surface area contributed by atoms with Gasteiger partial charge in [-0.05, 0) is 19.4 Å². The lowest BCUT2D eigenvalue weighted by Crippen LogP contribution is -2.23. The summed E-state index contributed by atoms with van der Waals surface area (Å²) in [5, 5.41) is 7.15. The van der Waals surface area contributed by atoms with Crippen molar-refractivity contribution in [1.82, 2.24) is 9.78 Å². The average Bonchev–Trinajstić information content (AvgIpc) is 2.59. The van der Waals surface area contributed by atoms with E-state index in [1.165, 1.54) is 0 Å². The van der Waals surface area contributed by atoms with E-state index in [1.54, 1.807) is 4.68 Å². The van der Waals surface area contributed by atoms with Gasteiger partial charge in [-0.3, -0.25) is 9.48 Å². The van der Waals surface area contributed by atoms with Crippen LogP contribution in [-0.4, -0.2) is 22.2 Å². The number of aryl methyl sites for hydroxylation is 2. The van der Waals surface area contributed by atoms with Crippen molar-refractivity contribution in [2.24, 2.45) is 18.7 Å². The number of carbonyl (C=O) groups excluding carboxylic acids is 1. The Hall–Kier alpha value is -1.36. The van der Waals surface area contributed by atoms with Gasteiger partial charge in [0.1, 0.15) is 0 Å². The Bertz CT molecular complexity index is 359. The molecule has 0 radical (unpaired) electrons. The lowest BCUT2D eigenvalue weighted by molar-refractivity contribution is -0.119. The van der Waals surface area contributed by atoms with Gasteiger partial charge in [-0.2, -0.15) is 5.10 Å². The fourth-order valence-corrected chi connectivity index (χ4v) is 1.54. The molecule has 0 saturated carbocycles. The highest BCUT2D eigenvalue weighted by molar-refractivity contribution is 5.92. The van der Waals surface area contributed by atoms with Crippen LogP contribution in [0.15, 0.2) is 6.20 Å². The number of hydrogen-bond acceptors (Lipinski definition) is 3. The minimum Gasteiger partial charge on any atom is -0.330 e. The molecule has 1 amide bonds. The van der Waals surface area contributed by atoms with E-state index in [2.05, 4.69) is 10.4 Å². The van der Waals surface area contributed by atoms with Crippen LogP contribution < -0.4 is 11.1 Å². The molecule has 0 bridgehead atoms. The summed E-state index contributed by atoms with van der Waals surface area (Å²) in [7, 11) is 1.85. The van der Waals surface area contributed by atoms with Gasteiger partial charge in [0.2, 0.25) is 5.91 Å². The summed E-state index contributed by atoms with van der Waals surface area (Å²) in [5.74, 6) is -0.0527. The minimum absolute atomic E-state index is 0.00755. The summed E-state index contributed by atoms with van der Waals surface area (Å²) in [6, 6.07) is 0. The Morgan fingerprint density at radius 2 is 2.38 bits per heavy atom. The molecule has 0 aliphatic rings. The molecule has 5 heteroatoms. The molecule has 5 nitrogen and oxygen atoms in total. The molecule has 0 spiro atoms. The third-order valence-corrected chi connectivity index (χ3v) is 2.55. The maximum Gasteiger partial charge on any atom is 0.227 e. The topological polar surface area (TPSA) is 72.9 Å². The molecule has 3 N–H and O–H groups in total. The highest BCUT2D eigenvalue weighted by atomic mass is 16.1. The monoisotopic (exact) mass is 224 g/mol. The van der Waals surface area contributed by atoms with E-state index >= 15 is 0 Å². The molecule has 1 atom stereocenters. The van der Waals surface area contributed by atoms with E-state index in [4.69, 9.17) is 5.73 Å². The van der Waals surface area contributed by atoms with Crippen LogP contribution in [0.2, 0.25) is 0 Å². The standard InChI is InChI=1S/C11H20N4O/c1-4-9-10(7-15(3)14-9)13-11(16)8(2)5-6-12/h7-8H,4-6,12H2,1-3H3,(H,13,16). The third kappa shape index (κ3) is 3.06. The molecule has 1 aromatic rings. The van der Waals surface area contributed by atoms with Crippen LogP contribution in [0.25, 0.3) is 0 Å². The van der Waals surface area contributed by atoms with Crippen LogP contribution in [0.5, 0.6) is 0 Å². The van der Waals surface area contributed by atoms with Crippen molar-refractivity contribution < 1.29 is 4.79 Å². The Kier molecular flexibility index (Phi) is 4.49. The fourth-order valence-electron chi connectivity index (χ4n) is 1.54. The van der Waals surface area contributed by atoms with Crippen molar-refractivity contribution in [2.75, 3.05) is 11.9 Å². The molecule has 16 heavy (non-hydrogen) atoms. The first-order valence-electron chi connectivity index (χ1n) is 5.62. The van der Waals surface area contributed by atoms with Gasteiger partial charge in [-0.1, -0.05) is 13.8 Å². The van der Waals surface area contributed by atoms with Gasteiger partial charge in [0.05, 0.1) is 11.4 Å². The lowest BCUT2D eigenvalue weighted by Gasteiger charge is -2.10. The second-order valence-corrected chi connectivity index (χ2v) is 3.98. The molecule has 90 valence electrons. The van der Waals surface area contributed by atoms with Crippen LogP contribution in [-0.2, 0) is 18.3 Å². The lowest BCUT2D eigenvalue weighted by atomic mass is 10.1. The summed E-state index contributed by atoms with van der Waals surface area (Å²) >= 11 is 0. The maximum atomic E-state index is 11.8. The van der Waals surface area contributed by atoms with Gasteiger partial charge in [0.15, 0.2) is 0 Å². The summed E-state index contributed by atoms with van der Waals surface area (Å²) in [4.78, 5) is 11.8. The third-order valence-electron chi connectivity index (χ3n) is 2.55. The van der Waals surface area contributed by atoms with Crippen molar-refractivity contribution in [3.05, 3.63) is 11.9 Å². The Morgan fingerprint density at radius 1 is 1.69 bits per heavy atom. The molecular formula is C11H20N4O.